The van der Waals surface area contributed by atoms with Gasteiger partial charge in [-0.25, -0.2) is 0 Å². The summed E-state index contributed by atoms with van der Waals surface area (Å²) in [5.41, 5.74) is 4.66. The molecule has 1 unspecified atom stereocenters. The number of aryl methyl sites for hydroxylation is 1. The lowest BCUT2D eigenvalue weighted by molar-refractivity contribution is 0.0398. The molecule has 1 aliphatic rings. The Bertz CT molecular complexity index is 687. The molecule has 2 aromatic carbocycles. The van der Waals surface area contributed by atoms with Gasteiger partial charge in [0, 0.05) is 37.6 Å². The zero-order valence-electron chi connectivity index (χ0n) is 16.4. The van der Waals surface area contributed by atoms with Crippen LogP contribution in [0.3, 0.4) is 0 Å². The molecule has 3 rings (SSSR count). The minimum absolute atomic E-state index is 0.0518. The molecule has 0 saturated carbocycles. The van der Waals surface area contributed by atoms with E-state index in [9.17, 15) is 0 Å². The first-order valence-corrected chi connectivity index (χ1v) is 9.77. The van der Waals surface area contributed by atoms with Crippen molar-refractivity contribution in [3.05, 3.63) is 59.7 Å². The van der Waals surface area contributed by atoms with Gasteiger partial charge in [-0.2, -0.15) is 0 Å². The van der Waals surface area contributed by atoms with Crippen LogP contribution < -0.4 is 10.6 Å². The smallest absolute Gasteiger partial charge is 0.125 e. The lowest BCUT2D eigenvalue weighted by Gasteiger charge is -2.26. The van der Waals surface area contributed by atoms with Gasteiger partial charge in [0.1, 0.15) is 6.23 Å². The molecule has 2 aromatic rings. The summed E-state index contributed by atoms with van der Waals surface area (Å²) in [5, 5.41) is 6.96. The van der Waals surface area contributed by atoms with E-state index in [4.69, 9.17) is 9.47 Å². The zero-order chi connectivity index (χ0) is 18.9. The van der Waals surface area contributed by atoms with Crippen molar-refractivity contribution in [2.75, 3.05) is 50.0 Å². The average Bonchev–Trinajstić information content (AvgIpc) is 2.70. The minimum atomic E-state index is -0.0518. The van der Waals surface area contributed by atoms with Gasteiger partial charge in [-0.3, -0.25) is 4.90 Å². The Kier molecular flexibility index (Phi) is 7.51. The lowest BCUT2D eigenvalue weighted by atomic mass is 10.1. The first kappa shape index (κ1) is 19.7. The third-order valence-electron chi connectivity index (χ3n) is 4.79. The molecule has 0 amide bonds. The highest BCUT2D eigenvalue weighted by molar-refractivity contribution is 5.59. The second-order valence-corrected chi connectivity index (χ2v) is 6.99. The summed E-state index contributed by atoms with van der Waals surface area (Å²) >= 11 is 0. The maximum atomic E-state index is 5.91. The van der Waals surface area contributed by atoms with Crippen LogP contribution in [-0.4, -0.2) is 50.5 Å². The molecule has 5 nitrogen and oxygen atoms in total. The molecule has 1 saturated heterocycles. The summed E-state index contributed by atoms with van der Waals surface area (Å²) in [4.78, 5) is 2.44. The predicted molar refractivity (Wildman–Crippen MR) is 111 cm³/mol. The fourth-order valence-electron chi connectivity index (χ4n) is 3.17. The van der Waals surface area contributed by atoms with Crippen molar-refractivity contribution in [1.82, 2.24) is 4.90 Å². The van der Waals surface area contributed by atoms with Crippen molar-refractivity contribution < 1.29 is 9.47 Å². The molecule has 146 valence electrons. The summed E-state index contributed by atoms with van der Waals surface area (Å²) < 4.78 is 11.3. The Morgan fingerprint density at radius 3 is 2.63 bits per heavy atom. The van der Waals surface area contributed by atoms with Crippen LogP contribution in [0.4, 0.5) is 11.4 Å². The van der Waals surface area contributed by atoms with Crippen LogP contribution >= 0.6 is 0 Å². The highest BCUT2D eigenvalue weighted by Crippen LogP contribution is 2.21. The SMILES string of the molecule is Cc1cc(NCCN2CCOCC2)ccc1NC(C)OCc1ccccc1. The molecular weight excluding hydrogens is 338 g/mol. The Balaban J connectivity index is 1.43. The average molecular weight is 370 g/mol. The van der Waals surface area contributed by atoms with E-state index in [1.165, 1.54) is 11.1 Å². The summed E-state index contributed by atoms with van der Waals surface area (Å²) in [6.07, 6.45) is -0.0518. The van der Waals surface area contributed by atoms with E-state index < -0.39 is 0 Å². The van der Waals surface area contributed by atoms with Crippen LogP contribution in [0.5, 0.6) is 0 Å². The molecule has 27 heavy (non-hydrogen) atoms. The van der Waals surface area contributed by atoms with Crippen LogP contribution in [0.15, 0.2) is 48.5 Å². The zero-order valence-corrected chi connectivity index (χ0v) is 16.4. The molecular formula is C22H31N3O2. The molecule has 1 fully saturated rings. The number of hydrogen-bond acceptors (Lipinski definition) is 5. The summed E-state index contributed by atoms with van der Waals surface area (Å²) in [6.45, 7) is 10.5. The highest BCUT2D eigenvalue weighted by atomic mass is 16.5. The Hall–Kier alpha value is -2.08. The third-order valence-corrected chi connectivity index (χ3v) is 4.79. The van der Waals surface area contributed by atoms with E-state index in [2.05, 4.69) is 52.8 Å². The molecule has 0 spiro atoms. The fraction of sp³-hybridized carbons (Fsp3) is 0.455. The van der Waals surface area contributed by atoms with Crippen LogP contribution in [-0.2, 0) is 16.1 Å². The van der Waals surface area contributed by atoms with Gasteiger partial charge < -0.3 is 20.1 Å². The van der Waals surface area contributed by atoms with Gasteiger partial charge in [0.2, 0.25) is 0 Å². The predicted octanol–water partition coefficient (Wildman–Crippen LogP) is 3.71. The number of ether oxygens (including phenoxy) is 2. The number of benzene rings is 2. The number of hydrogen-bond donors (Lipinski definition) is 2. The number of nitrogens with one attached hydrogen (secondary N) is 2. The lowest BCUT2D eigenvalue weighted by Crippen LogP contribution is -2.39. The van der Waals surface area contributed by atoms with Crippen molar-refractivity contribution in [2.24, 2.45) is 0 Å². The Morgan fingerprint density at radius 2 is 1.89 bits per heavy atom. The largest absolute Gasteiger partial charge is 0.384 e. The van der Waals surface area contributed by atoms with Gasteiger partial charge in [-0.1, -0.05) is 30.3 Å². The second-order valence-electron chi connectivity index (χ2n) is 6.99. The normalized spacial score (nSPS) is 16.1. The van der Waals surface area contributed by atoms with E-state index in [1.54, 1.807) is 0 Å². The molecule has 1 aliphatic heterocycles. The fourth-order valence-corrected chi connectivity index (χ4v) is 3.17. The maximum Gasteiger partial charge on any atom is 0.125 e. The Morgan fingerprint density at radius 1 is 1.11 bits per heavy atom. The van der Waals surface area contributed by atoms with Crippen LogP contribution in [0.1, 0.15) is 18.1 Å². The minimum Gasteiger partial charge on any atom is -0.384 e. The monoisotopic (exact) mass is 369 g/mol. The summed E-state index contributed by atoms with van der Waals surface area (Å²) in [6, 6.07) is 16.7. The van der Waals surface area contributed by atoms with Crippen molar-refractivity contribution in [2.45, 2.75) is 26.7 Å². The van der Waals surface area contributed by atoms with Crippen LogP contribution in [0, 0.1) is 6.92 Å². The van der Waals surface area contributed by atoms with Gasteiger partial charge in [-0.05, 0) is 43.2 Å². The molecule has 0 radical (unpaired) electrons. The molecule has 0 aromatic heterocycles. The van der Waals surface area contributed by atoms with Crippen LogP contribution in [0.2, 0.25) is 0 Å². The molecule has 5 heteroatoms. The van der Waals surface area contributed by atoms with Crippen LogP contribution in [0.25, 0.3) is 0 Å². The van der Waals surface area contributed by atoms with Gasteiger partial charge in [0.05, 0.1) is 19.8 Å². The number of anilines is 2. The van der Waals surface area contributed by atoms with E-state index >= 15 is 0 Å². The van der Waals surface area contributed by atoms with E-state index in [0.717, 1.165) is 50.8 Å². The van der Waals surface area contributed by atoms with E-state index in [1.807, 2.05) is 25.1 Å². The number of morpholine rings is 1. The molecule has 1 heterocycles. The quantitative estimate of drug-likeness (QED) is 0.660. The van der Waals surface area contributed by atoms with Crippen molar-refractivity contribution in [3.63, 3.8) is 0 Å². The summed E-state index contributed by atoms with van der Waals surface area (Å²) in [7, 11) is 0. The first-order valence-electron chi connectivity index (χ1n) is 9.77. The van der Waals surface area contributed by atoms with Crippen molar-refractivity contribution in [3.8, 4) is 0 Å². The topological polar surface area (TPSA) is 45.8 Å². The molecule has 2 N–H and O–H groups in total. The van der Waals surface area contributed by atoms with Gasteiger partial charge in [-0.15, -0.1) is 0 Å². The third kappa shape index (κ3) is 6.54. The van der Waals surface area contributed by atoms with Crippen molar-refractivity contribution >= 4 is 11.4 Å². The molecule has 0 bridgehead atoms. The first-order chi connectivity index (χ1) is 13.2. The van der Waals surface area contributed by atoms with E-state index in [-0.39, 0.29) is 6.23 Å². The van der Waals surface area contributed by atoms with E-state index in [0.29, 0.717) is 6.61 Å². The second kappa shape index (κ2) is 10.3. The van der Waals surface area contributed by atoms with Gasteiger partial charge >= 0.3 is 0 Å². The summed E-state index contributed by atoms with van der Waals surface area (Å²) in [5.74, 6) is 0. The maximum absolute atomic E-state index is 5.91. The van der Waals surface area contributed by atoms with Gasteiger partial charge in [0.15, 0.2) is 0 Å². The highest BCUT2D eigenvalue weighted by Gasteiger charge is 2.10. The molecule has 0 aliphatic carbocycles. The molecule has 1 atom stereocenters. The number of rotatable bonds is 9. The number of nitrogens with zero attached hydrogens (tertiary/aromatic N) is 1. The Labute approximate surface area is 162 Å². The van der Waals surface area contributed by atoms with Crippen molar-refractivity contribution in [1.29, 1.82) is 0 Å². The standard InChI is InChI=1S/C22H31N3O2/c1-18-16-21(23-10-11-25-12-14-26-15-13-25)8-9-22(18)24-19(2)27-17-20-6-4-3-5-7-20/h3-9,16,19,23-24H,10-15,17H2,1-2H3. The van der Waals surface area contributed by atoms with Gasteiger partial charge in [0.25, 0.3) is 0 Å².